The molecular formula is C7H7N3S. The third-order valence-electron chi connectivity index (χ3n) is 1.00. The highest BCUT2D eigenvalue weighted by Gasteiger charge is 1.92. The zero-order valence-corrected chi connectivity index (χ0v) is 6.71. The molecule has 0 fully saturated rings. The van der Waals surface area contributed by atoms with Crippen molar-refractivity contribution in [2.45, 2.75) is 11.4 Å². The Morgan fingerprint density at radius 2 is 2.45 bits per heavy atom. The summed E-state index contributed by atoms with van der Waals surface area (Å²) in [4.78, 5) is 7.94. The summed E-state index contributed by atoms with van der Waals surface area (Å²) in [6.07, 6.45) is 5.53. The average molecular weight is 165 g/mol. The van der Waals surface area contributed by atoms with Gasteiger partial charge in [-0.05, 0) is 0 Å². The standard InChI is InChI=1S/C7H7N3S/c8-2-1-5-11-7-6-9-3-4-10-7/h3-4,6H,1,5H2. The summed E-state index contributed by atoms with van der Waals surface area (Å²) in [6, 6.07) is 2.07. The molecular weight excluding hydrogens is 158 g/mol. The van der Waals surface area contributed by atoms with Gasteiger partial charge in [-0.25, -0.2) is 4.98 Å². The molecule has 0 aliphatic rings. The Hall–Kier alpha value is -1.08. The minimum Gasteiger partial charge on any atom is -0.260 e. The van der Waals surface area contributed by atoms with Crippen LogP contribution >= 0.6 is 11.8 Å². The van der Waals surface area contributed by atoms with Crippen LogP contribution < -0.4 is 0 Å². The van der Waals surface area contributed by atoms with Crippen LogP contribution in [-0.2, 0) is 0 Å². The van der Waals surface area contributed by atoms with E-state index in [4.69, 9.17) is 5.26 Å². The SMILES string of the molecule is N#CCCSc1cnccn1. The molecule has 1 rings (SSSR count). The summed E-state index contributed by atoms with van der Waals surface area (Å²) in [7, 11) is 0. The van der Waals surface area contributed by atoms with Crippen molar-refractivity contribution >= 4 is 11.8 Å². The van der Waals surface area contributed by atoms with E-state index in [1.54, 1.807) is 30.4 Å². The first-order chi connectivity index (χ1) is 5.43. The molecule has 3 nitrogen and oxygen atoms in total. The van der Waals surface area contributed by atoms with E-state index in [0.717, 1.165) is 10.8 Å². The summed E-state index contributed by atoms with van der Waals surface area (Å²) in [5.41, 5.74) is 0. The molecule has 0 N–H and O–H groups in total. The van der Waals surface area contributed by atoms with Gasteiger partial charge in [0.05, 0.1) is 12.3 Å². The van der Waals surface area contributed by atoms with Gasteiger partial charge in [0.15, 0.2) is 0 Å². The fourth-order valence-electron chi connectivity index (χ4n) is 0.561. The molecule has 0 saturated heterocycles. The maximum atomic E-state index is 8.24. The summed E-state index contributed by atoms with van der Waals surface area (Å²) in [6.45, 7) is 0. The van der Waals surface area contributed by atoms with Crippen molar-refractivity contribution in [2.75, 3.05) is 5.75 Å². The molecule has 0 spiro atoms. The smallest absolute Gasteiger partial charge is 0.114 e. The van der Waals surface area contributed by atoms with Crippen LogP contribution in [0.5, 0.6) is 0 Å². The second-order valence-electron chi connectivity index (χ2n) is 1.80. The van der Waals surface area contributed by atoms with Crippen molar-refractivity contribution in [3.05, 3.63) is 18.6 Å². The largest absolute Gasteiger partial charge is 0.260 e. The van der Waals surface area contributed by atoms with Crippen molar-refractivity contribution in [2.24, 2.45) is 0 Å². The van der Waals surface area contributed by atoms with Gasteiger partial charge in [0.25, 0.3) is 0 Å². The quantitative estimate of drug-likeness (QED) is 0.503. The first-order valence-corrected chi connectivity index (χ1v) is 4.18. The molecule has 0 radical (unpaired) electrons. The molecule has 0 amide bonds. The van der Waals surface area contributed by atoms with Gasteiger partial charge in [0.2, 0.25) is 0 Å². The van der Waals surface area contributed by atoms with E-state index in [1.807, 2.05) is 0 Å². The van der Waals surface area contributed by atoms with Gasteiger partial charge in [-0.1, -0.05) is 0 Å². The summed E-state index contributed by atoms with van der Waals surface area (Å²) < 4.78 is 0. The minimum atomic E-state index is 0.557. The third-order valence-corrected chi connectivity index (χ3v) is 1.92. The molecule has 0 bridgehead atoms. The highest BCUT2D eigenvalue weighted by atomic mass is 32.2. The molecule has 56 valence electrons. The van der Waals surface area contributed by atoms with Crippen LogP contribution in [0.3, 0.4) is 0 Å². The molecule has 4 heteroatoms. The Bertz CT molecular complexity index is 242. The van der Waals surface area contributed by atoms with E-state index < -0.39 is 0 Å². The Morgan fingerprint density at radius 3 is 3.09 bits per heavy atom. The van der Waals surface area contributed by atoms with E-state index >= 15 is 0 Å². The highest BCUT2D eigenvalue weighted by Crippen LogP contribution is 2.12. The zero-order valence-electron chi connectivity index (χ0n) is 5.90. The van der Waals surface area contributed by atoms with Crippen molar-refractivity contribution in [3.63, 3.8) is 0 Å². The molecule has 1 aromatic rings. The molecule has 0 unspecified atom stereocenters. The predicted octanol–water partition coefficient (Wildman–Crippen LogP) is 1.48. The second-order valence-corrected chi connectivity index (χ2v) is 2.92. The van der Waals surface area contributed by atoms with Crippen LogP contribution in [0.1, 0.15) is 6.42 Å². The minimum absolute atomic E-state index is 0.557. The first-order valence-electron chi connectivity index (χ1n) is 3.19. The lowest BCUT2D eigenvalue weighted by Crippen LogP contribution is -1.82. The van der Waals surface area contributed by atoms with Gasteiger partial charge in [0, 0.05) is 24.6 Å². The Morgan fingerprint density at radius 1 is 1.55 bits per heavy atom. The fraction of sp³-hybridized carbons (Fsp3) is 0.286. The van der Waals surface area contributed by atoms with Gasteiger partial charge in [0.1, 0.15) is 5.03 Å². The lowest BCUT2D eigenvalue weighted by Gasteiger charge is -1.93. The summed E-state index contributed by atoms with van der Waals surface area (Å²) in [5.74, 6) is 0.787. The molecule has 0 atom stereocenters. The van der Waals surface area contributed by atoms with Crippen LogP contribution in [-0.4, -0.2) is 15.7 Å². The van der Waals surface area contributed by atoms with E-state index in [0.29, 0.717) is 6.42 Å². The molecule has 0 saturated carbocycles. The maximum Gasteiger partial charge on any atom is 0.114 e. The number of aromatic nitrogens is 2. The molecule has 11 heavy (non-hydrogen) atoms. The van der Waals surface area contributed by atoms with Gasteiger partial charge in [-0.3, -0.25) is 4.98 Å². The Labute approximate surface area is 69.5 Å². The van der Waals surface area contributed by atoms with E-state index in [-0.39, 0.29) is 0 Å². The van der Waals surface area contributed by atoms with Crippen molar-refractivity contribution in [1.29, 1.82) is 5.26 Å². The number of nitriles is 1. The second kappa shape index (κ2) is 4.69. The van der Waals surface area contributed by atoms with Crippen molar-refractivity contribution < 1.29 is 0 Å². The van der Waals surface area contributed by atoms with Gasteiger partial charge in [-0.2, -0.15) is 5.26 Å². The fourth-order valence-corrected chi connectivity index (χ4v) is 1.23. The number of hydrogen-bond donors (Lipinski definition) is 0. The molecule has 1 heterocycles. The number of thioether (sulfide) groups is 1. The normalized spacial score (nSPS) is 9.00. The predicted molar refractivity (Wildman–Crippen MR) is 43.0 cm³/mol. The van der Waals surface area contributed by atoms with Gasteiger partial charge < -0.3 is 0 Å². The monoisotopic (exact) mass is 165 g/mol. The van der Waals surface area contributed by atoms with Crippen LogP contribution in [0.15, 0.2) is 23.6 Å². The highest BCUT2D eigenvalue weighted by molar-refractivity contribution is 7.99. The van der Waals surface area contributed by atoms with Crippen LogP contribution in [0.4, 0.5) is 0 Å². The Balaban J connectivity index is 2.35. The number of rotatable bonds is 3. The van der Waals surface area contributed by atoms with Crippen molar-refractivity contribution in [3.8, 4) is 6.07 Å². The summed E-state index contributed by atoms with van der Waals surface area (Å²) >= 11 is 1.55. The van der Waals surface area contributed by atoms with Crippen LogP contribution in [0, 0.1) is 11.3 Å². The lowest BCUT2D eigenvalue weighted by molar-refractivity contribution is 1.05. The zero-order chi connectivity index (χ0) is 7.94. The van der Waals surface area contributed by atoms with Crippen LogP contribution in [0.25, 0.3) is 0 Å². The molecule has 0 aliphatic carbocycles. The topological polar surface area (TPSA) is 49.6 Å². The first kappa shape index (κ1) is 8.02. The summed E-state index contributed by atoms with van der Waals surface area (Å²) in [5, 5.41) is 9.12. The van der Waals surface area contributed by atoms with Gasteiger partial charge in [-0.15, -0.1) is 11.8 Å². The molecule has 0 aliphatic heterocycles. The number of hydrogen-bond acceptors (Lipinski definition) is 4. The molecule has 0 aromatic carbocycles. The van der Waals surface area contributed by atoms with E-state index in [2.05, 4.69) is 16.0 Å². The van der Waals surface area contributed by atoms with E-state index in [1.165, 1.54) is 0 Å². The maximum absolute atomic E-state index is 8.24. The van der Waals surface area contributed by atoms with Gasteiger partial charge >= 0.3 is 0 Å². The lowest BCUT2D eigenvalue weighted by atomic mass is 10.6. The van der Waals surface area contributed by atoms with Crippen LogP contribution in [0.2, 0.25) is 0 Å². The van der Waals surface area contributed by atoms with E-state index in [9.17, 15) is 0 Å². The third kappa shape index (κ3) is 3.01. The molecule has 1 aromatic heterocycles. The van der Waals surface area contributed by atoms with Crippen molar-refractivity contribution in [1.82, 2.24) is 9.97 Å². The Kier molecular flexibility index (Phi) is 3.42. The number of nitrogens with zero attached hydrogens (tertiary/aromatic N) is 3. The average Bonchev–Trinajstić information content (AvgIpc) is 2.07.